The lowest BCUT2D eigenvalue weighted by Gasteiger charge is -2.20. The molecule has 5 nitrogen and oxygen atoms in total. The molecule has 1 fully saturated rings. The minimum Gasteiger partial charge on any atom is -0.477 e. The lowest BCUT2D eigenvalue weighted by molar-refractivity contribution is 0.227. The van der Waals surface area contributed by atoms with Gasteiger partial charge < -0.3 is 15.0 Å². The van der Waals surface area contributed by atoms with E-state index >= 15 is 0 Å². The van der Waals surface area contributed by atoms with Crippen LogP contribution < -0.4 is 10.1 Å². The zero-order valence-electron chi connectivity index (χ0n) is 13.9. The highest BCUT2D eigenvalue weighted by atomic mass is 16.5. The van der Waals surface area contributed by atoms with Gasteiger partial charge in [0.1, 0.15) is 11.6 Å². The average Bonchev–Trinajstić information content (AvgIpc) is 2.86. The van der Waals surface area contributed by atoms with E-state index in [9.17, 15) is 0 Å². The van der Waals surface area contributed by atoms with Gasteiger partial charge in [0.15, 0.2) is 0 Å². The van der Waals surface area contributed by atoms with Gasteiger partial charge in [0.2, 0.25) is 5.88 Å². The molecule has 1 unspecified atom stereocenters. The summed E-state index contributed by atoms with van der Waals surface area (Å²) in [6.07, 6.45) is 3.64. The highest BCUT2D eigenvalue weighted by molar-refractivity contribution is 5.48. The molecular weight excluding hydrogens is 264 g/mol. The third kappa shape index (κ3) is 3.84. The second-order valence-electron chi connectivity index (χ2n) is 6.18. The molecule has 0 spiro atoms. The molecule has 118 valence electrons. The highest BCUT2D eigenvalue weighted by Gasteiger charge is 2.21. The van der Waals surface area contributed by atoms with Crippen molar-refractivity contribution in [1.29, 1.82) is 0 Å². The number of likely N-dealkylation sites (tertiary alicyclic amines) is 1. The van der Waals surface area contributed by atoms with Crippen molar-refractivity contribution in [2.45, 2.75) is 52.0 Å². The van der Waals surface area contributed by atoms with Gasteiger partial charge in [-0.15, -0.1) is 0 Å². The number of aromatic nitrogens is 2. The summed E-state index contributed by atoms with van der Waals surface area (Å²) in [6.45, 7) is 8.13. The zero-order chi connectivity index (χ0) is 15.4. The maximum absolute atomic E-state index is 5.96. The average molecular weight is 292 g/mol. The van der Waals surface area contributed by atoms with Crippen molar-refractivity contribution < 1.29 is 4.74 Å². The summed E-state index contributed by atoms with van der Waals surface area (Å²) >= 11 is 0. The molecule has 1 saturated heterocycles. The number of nitrogens with one attached hydrogen (secondary N) is 1. The first-order valence-corrected chi connectivity index (χ1v) is 7.92. The van der Waals surface area contributed by atoms with Crippen LogP contribution in [0, 0.1) is 6.92 Å². The molecule has 0 aliphatic carbocycles. The Hall–Kier alpha value is -1.36. The third-order valence-electron chi connectivity index (χ3n) is 4.23. The van der Waals surface area contributed by atoms with Gasteiger partial charge in [-0.25, -0.2) is 4.98 Å². The van der Waals surface area contributed by atoms with Gasteiger partial charge in [-0.2, -0.15) is 4.98 Å². The number of hydrogen-bond acceptors (Lipinski definition) is 5. The SMILES string of the molecule is CNc1nc(C(C)C)nc(OCCC2CCCN2C)c1C. The first-order chi connectivity index (χ1) is 10.0. The van der Waals surface area contributed by atoms with Gasteiger partial charge in [0, 0.05) is 19.0 Å². The van der Waals surface area contributed by atoms with Crippen molar-refractivity contribution in [3.63, 3.8) is 0 Å². The van der Waals surface area contributed by atoms with Crippen molar-refractivity contribution in [3.8, 4) is 5.88 Å². The maximum Gasteiger partial charge on any atom is 0.221 e. The predicted octanol–water partition coefficient (Wildman–Crippen LogP) is 2.81. The Morgan fingerprint density at radius 1 is 1.38 bits per heavy atom. The van der Waals surface area contributed by atoms with E-state index in [-0.39, 0.29) is 0 Å². The van der Waals surface area contributed by atoms with Gasteiger partial charge >= 0.3 is 0 Å². The Kier molecular flexibility index (Phi) is 5.39. The number of ether oxygens (including phenoxy) is 1. The monoisotopic (exact) mass is 292 g/mol. The Bertz CT molecular complexity index is 476. The fourth-order valence-electron chi connectivity index (χ4n) is 2.79. The fourth-order valence-corrected chi connectivity index (χ4v) is 2.79. The zero-order valence-corrected chi connectivity index (χ0v) is 13.9. The number of hydrogen-bond donors (Lipinski definition) is 1. The predicted molar refractivity (Wildman–Crippen MR) is 86.2 cm³/mol. The molecule has 0 bridgehead atoms. The standard InChI is InChI=1S/C16H28N4O/c1-11(2)14-18-15(17-4)12(3)16(19-14)21-10-8-13-7-6-9-20(13)5/h11,13H,6-10H2,1-5H3,(H,17,18,19). The molecule has 21 heavy (non-hydrogen) atoms. The van der Waals surface area contributed by atoms with E-state index in [1.54, 1.807) is 0 Å². The fraction of sp³-hybridized carbons (Fsp3) is 0.750. The Morgan fingerprint density at radius 2 is 2.14 bits per heavy atom. The van der Waals surface area contributed by atoms with Crippen LogP contribution >= 0.6 is 0 Å². The van der Waals surface area contributed by atoms with E-state index in [1.165, 1.54) is 19.4 Å². The van der Waals surface area contributed by atoms with Crippen LogP contribution in [0.25, 0.3) is 0 Å². The second kappa shape index (κ2) is 7.07. The van der Waals surface area contributed by atoms with Crippen LogP contribution in [0.4, 0.5) is 5.82 Å². The van der Waals surface area contributed by atoms with Crippen LogP contribution in [-0.2, 0) is 0 Å². The summed E-state index contributed by atoms with van der Waals surface area (Å²) in [5.74, 6) is 2.71. The largest absolute Gasteiger partial charge is 0.477 e. The smallest absolute Gasteiger partial charge is 0.221 e. The van der Waals surface area contributed by atoms with Gasteiger partial charge in [-0.1, -0.05) is 13.8 Å². The lowest BCUT2D eigenvalue weighted by atomic mass is 10.1. The molecule has 0 aromatic carbocycles. The molecule has 1 N–H and O–H groups in total. The molecule has 0 amide bonds. The molecule has 0 radical (unpaired) electrons. The first-order valence-electron chi connectivity index (χ1n) is 7.92. The lowest BCUT2D eigenvalue weighted by Crippen LogP contribution is -2.26. The highest BCUT2D eigenvalue weighted by Crippen LogP contribution is 2.25. The topological polar surface area (TPSA) is 50.3 Å². The van der Waals surface area contributed by atoms with E-state index in [4.69, 9.17) is 4.74 Å². The summed E-state index contributed by atoms with van der Waals surface area (Å²) in [5, 5.41) is 3.13. The molecular formula is C16H28N4O. The van der Waals surface area contributed by atoms with Gasteiger partial charge in [-0.3, -0.25) is 0 Å². The van der Waals surface area contributed by atoms with E-state index in [0.29, 0.717) is 18.6 Å². The van der Waals surface area contributed by atoms with Crippen LogP contribution in [-0.4, -0.2) is 48.2 Å². The number of anilines is 1. The van der Waals surface area contributed by atoms with Crippen LogP contribution in [0.5, 0.6) is 5.88 Å². The molecule has 1 aromatic heterocycles. The van der Waals surface area contributed by atoms with Crippen LogP contribution in [0.2, 0.25) is 0 Å². The Balaban J connectivity index is 2.02. The molecule has 1 aliphatic rings. The van der Waals surface area contributed by atoms with Crippen molar-refractivity contribution >= 4 is 5.82 Å². The van der Waals surface area contributed by atoms with Crippen LogP contribution in [0.15, 0.2) is 0 Å². The minimum atomic E-state index is 0.293. The quantitative estimate of drug-likeness (QED) is 0.873. The van der Waals surface area contributed by atoms with Gasteiger partial charge in [0.05, 0.1) is 12.2 Å². The van der Waals surface area contributed by atoms with Gasteiger partial charge in [-0.05, 0) is 39.8 Å². The molecule has 1 atom stereocenters. The maximum atomic E-state index is 5.96. The summed E-state index contributed by atoms with van der Waals surface area (Å²) < 4.78 is 5.96. The molecule has 2 rings (SSSR count). The molecule has 1 aliphatic heterocycles. The first kappa shape index (κ1) is 16.0. The summed E-state index contributed by atoms with van der Waals surface area (Å²) in [4.78, 5) is 11.5. The van der Waals surface area contributed by atoms with Crippen LogP contribution in [0.3, 0.4) is 0 Å². The van der Waals surface area contributed by atoms with Crippen molar-refractivity contribution in [1.82, 2.24) is 14.9 Å². The van der Waals surface area contributed by atoms with Crippen molar-refractivity contribution in [3.05, 3.63) is 11.4 Å². The van der Waals surface area contributed by atoms with E-state index in [1.807, 2.05) is 14.0 Å². The van der Waals surface area contributed by atoms with E-state index < -0.39 is 0 Å². The Labute approximate surface area is 128 Å². The molecule has 5 heteroatoms. The van der Waals surface area contributed by atoms with E-state index in [0.717, 1.165) is 29.5 Å². The summed E-state index contributed by atoms with van der Waals surface area (Å²) in [7, 11) is 4.08. The van der Waals surface area contributed by atoms with Crippen molar-refractivity contribution in [2.24, 2.45) is 0 Å². The summed E-state index contributed by atoms with van der Waals surface area (Å²) in [6, 6.07) is 0.653. The molecule has 0 saturated carbocycles. The van der Waals surface area contributed by atoms with Gasteiger partial charge in [0.25, 0.3) is 0 Å². The Morgan fingerprint density at radius 3 is 2.71 bits per heavy atom. The molecule has 2 heterocycles. The molecule has 1 aromatic rings. The number of nitrogens with zero attached hydrogens (tertiary/aromatic N) is 3. The summed E-state index contributed by atoms with van der Waals surface area (Å²) in [5.41, 5.74) is 0.988. The van der Waals surface area contributed by atoms with Crippen LogP contribution in [0.1, 0.15) is 50.4 Å². The minimum absolute atomic E-state index is 0.293. The normalized spacial score (nSPS) is 19.2. The van der Waals surface area contributed by atoms with Crippen molar-refractivity contribution in [2.75, 3.05) is 32.6 Å². The third-order valence-corrected chi connectivity index (χ3v) is 4.23. The number of rotatable bonds is 6. The second-order valence-corrected chi connectivity index (χ2v) is 6.18. The van der Waals surface area contributed by atoms with E-state index in [2.05, 4.69) is 41.1 Å².